The molecule has 0 spiro atoms. The highest BCUT2D eigenvalue weighted by Gasteiger charge is 2.10. The summed E-state index contributed by atoms with van der Waals surface area (Å²) in [6.45, 7) is 2.10. The molecule has 1 aliphatic rings. The van der Waals surface area contributed by atoms with E-state index >= 15 is 0 Å². The molecule has 0 aromatic rings. The highest BCUT2D eigenvalue weighted by molar-refractivity contribution is 5.99. The summed E-state index contributed by atoms with van der Waals surface area (Å²) in [6.07, 6.45) is 5.45. The second kappa shape index (κ2) is 5.20. The molecule has 0 saturated heterocycles. The van der Waals surface area contributed by atoms with Gasteiger partial charge in [0.1, 0.15) is 0 Å². The van der Waals surface area contributed by atoms with Crippen LogP contribution in [-0.4, -0.2) is 18.4 Å². The van der Waals surface area contributed by atoms with Crippen LogP contribution in [0.1, 0.15) is 19.8 Å². The van der Waals surface area contributed by atoms with E-state index in [4.69, 9.17) is 4.74 Å². The lowest BCUT2D eigenvalue weighted by atomic mass is 10.1. The lowest BCUT2D eigenvalue weighted by molar-refractivity contribution is -0.144. The van der Waals surface area contributed by atoms with Crippen LogP contribution in [-0.2, 0) is 14.3 Å². The number of hydrogen-bond acceptors (Lipinski definition) is 3. The molecule has 0 bridgehead atoms. The van der Waals surface area contributed by atoms with E-state index in [2.05, 4.69) is 5.73 Å². The first-order valence-electron chi connectivity index (χ1n) is 4.56. The van der Waals surface area contributed by atoms with Gasteiger partial charge < -0.3 is 4.74 Å². The molecule has 0 atom stereocenters. The molecule has 1 rings (SSSR count). The second-order valence-corrected chi connectivity index (χ2v) is 2.81. The summed E-state index contributed by atoms with van der Waals surface area (Å²) in [5, 5.41) is 0. The monoisotopic (exact) mass is 192 g/mol. The zero-order valence-electron chi connectivity index (χ0n) is 8.08. The van der Waals surface area contributed by atoms with Gasteiger partial charge in [0, 0.05) is 6.42 Å². The summed E-state index contributed by atoms with van der Waals surface area (Å²) in [6, 6.07) is 0. The van der Waals surface area contributed by atoms with Gasteiger partial charge in [0.25, 0.3) is 0 Å². The van der Waals surface area contributed by atoms with Gasteiger partial charge in [0.2, 0.25) is 0 Å². The van der Waals surface area contributed by atoms with Crippen molar-refractivity contribution in [3.05, 3.63) is 29.5 Å². The van der Waals surface area contributed by atoms with Crippen LogP contribution >= 0.6 is 0 Å². The molecule has 0 aliphatic heterocycles. The van der Waals surface area contributed by atoms with Gasteiger partial charge in [-0.2, -0.15) is 0 Å². The molecule has 0 amide bonds. The smallest absolute Gasteiger partial charge is 0.306 e. The molecule has 0 radical (unpaired) electrons. The Morgan fingerprint density at radius 2 is 2.21 bits per heavy atom. The van der Waals surface area contributed by atoms with E-state index in [-0.39, 0.29) is 24.6 Å². The average Bonchev–Trinajstić information content (AvgIpc) is 2.67. The zero-order valence-corrected chi connectivity index (χ0v) is 8.08. The minimum Gasteiger partial charge on any atom is -0.466 e. The maximum Gasteiger partial charge on any atom is 0.306 e. The Morgan fingerprint density at radius 3 is 2.79 bits per heavy atom. The molecule has 3 heteroatoms. The average molecular weight is 192 g/mol. The molecule has 0 saturated carbocycles. The largest absolute Gasteiger partial charge is 0.466 e. The van der Waals surface area contributed by atoms with Crippen LogP contribution in [0, 0.1) is 0 Å². The van der Waals surface area contributed by atoms with Crippen molar-refractivity contribution < 1.29 is 14.3 Å². The van der Waals surface area contributed by atoms with Crippen LogP contribution in [0.4, 0.5) is 0 Å². The molecule has 3 nitrogen and oxygen atoms in total. The van der Waals surface area contributed by atoms with Gasteiger partial charge in [-0.1, -0.05) is 6.08 Å². The van der Waals surface area contributed by atoms with E-state index in [0.29, 0.717) is 12.2 Å². The fraction of sp³-hybridized carbons (Fsp3) is 0.364. The first-order valence-corrected chi connectivity index (χ1v) is 4.56. The number of ether oxygens (including phenoxy) is 1. The van der Waals surface area contributed by atoms with Gasteiger partial charge in [-0.15, -0.1) is 5.73 Å². The van der Waals surface area contributed by atoms with Crippen LogP contribution < -0.4 is 0 Å². The van der Waals surface area contributed by atoms with Gasteiger partial charge >= 0.3 is 5.97 Å². The maximum atomic E-state index is 11.4. The summed E-state index contributed by atoms with van der Waals surface area (Å²) in [5.74, 6) is -0.393. The molecule has 0 aromatic heterocycles. The minimum absolute atomic E-state index is 0.0666. The third-order valence-electron chi connectivity index (χ3n) is 1.76. The Balaban J connectivity index is 2.32. The van der Waals surface area contributed by atoms with Crippen molar-refractivity contribution >= 4 is 11.8 Å². The van der Waals surface area contributed by atoms with Crippen LogP contribution in [0.3, 0.4) is 0 Å². The number of rotatable bonds is 5. The quantitative estimate of drug-likeness (QED) is 0.490. The Labute approximate surface area is 82.8 Å². The summed E-state index contributed by atoms with van der Waals surface area (Å²) >= 11 is 0. The van der Waals surface area contributed by atoms with Gasteiger partial charge in [-0.25, -0.2) is 0 Å². The highest BCUT2D eigenvalue weighted by atomic mass is 16.5. The SMILES string of the molecule is CCOC(=O)CCC(=O)C1=C=CC=C1. The summed E-state index contributed by atoms with van der Waals surface area (Å²) in [4.78, 5) is 22.3. The number of carbonyl (C=O) groups excluding carboxylic acids is 2. The molecular formula is C11H12O3. The number of esters is 1. The molecular weight excluding hydrogens is 180 g/mol. The molecule has 0 N–H and O–H groups in total. The first kappa shape index (κ1) is 10.5. The van der Waals surface area contributed by atoms with Crippen molar-refractivity contribution in [1.82, 2.24) is 0 Å². The first-order chi connectivity index (χ1) is 6.74. The van der Waals surface area contributed by atoms with Crippen molar-refractivity contribution in [3.8, 4) is 0 Å². The number of carbonyl (C=O) groups is 2. The fourth-order valence-corrected chi connectivity index (χ4v) is 1.09. The lowest BCUT2D eigenvalue weighted by Gasteiger charge is -2.00. The predicted octanol–water partition coefficient (Wildman–Crippen LogP) is 1.55. The van der Waals surface area contributed by atoms with E-state index in [1.54, 1.807) is 25.2 Å². The van der Waals surface area contributed by atoms with Crippen LogP contribution in [0.25, 0.3) is 0 Å². The van der Waals surface area contributed by atoms with E-state index in [0.717, 1.165) is 0 Å². The van der Waals surface area contributed by atoms with Crippen LogP contribution in [0.5, 0.6) is 0 Å². The molecule has 0 fully saturated rings. The molecule has 1 aliphatic carbocycles. The van der Waals surface area contributed by atoms with Gasteiger partial charge in [-0.05, 0) is 19.1 Å². The van der Waals surface area contributed by atoms with Crippen molar-refractivity contribution in [3.63, 3.8) is 0 Å². The standard InChI is InChI=1S/C11H12O3/c1-2-14-11(13)8-7-10(12)9-5-3-4-6-9/h3-5H,2,7-8H2,1H3. The van der Waals surface area contributed by atoms with Crippen molar-refractivity contribution in [2.75, 3.05) is 6.61 Å². The third-order valence-corrected chi connectivity index (χ3v) is 1.76. The van der Waals surface area contributed by atoms with E-state index in [1.165, 1.54) is 0 Å². The molecule has 0 unspecified atom stereocenters. The van der Waals surface area contributed by atoms with Gasteiger partial charge in [0.05, 0.1) is 18.6 Å². The number of ketones is 1. The Hall–Kier alpha value is -1.60. The van der Waals surface area contributed by atoms with Crippen molar-refractivity contribution in [1.29, 1.82) is 0 Å². The zero-order chi connectivity index (χ0) is 10.4. The molecule has 0 aromatic carbocycles. The Bertz CT molecular complexity index is 330. The maximum absolute atomic E-state index is 11.4. The fourth-order valence-electron chi connectivity index (χ4n) is 1.09. The summed E-state index contributed by atoms with van der Waals surface area (Å²) in [5.41, 5.74) is 3.33. The minimum atomic E-state index is -0.326. The lowest BCUT2D eigenvalue weighted by Crippen LogP contribution is -2.08. The van der Waals surface area contributed by atoms with Gasteiger partial charge in [-0.3, -0.25) is 9.59 Å². The van der Waals surface area contributed by atoms with Crippen LogP contribution in [0.2, 0.25) is 0 Å². The number of hydrogen-bond donors (Lipinski definition) is 0. The molecule has 74 valence electrons. The van der Waals surface area contributed by atoms with E-state index < -0.39 is 0 Å². The normalized spacial score (nSPS) is 12.8. The second-order valence-electron chi connectivity index (χ2n) is 2.81. The predicted molar refractivity (Wildman–Crippen MR) is 51.6 cm³/mol. The number of allylic oxidation sites excluding steroid dienone is 3. The van der Waals surface area contributed by atoms with Crippen LogP contribution in [0.15, 0.2) is 29.5 Å². The third kappa shape index (κ3) is 3.04. The Kier molecular flexibility index (Phi) is 3.89. The molecule has 14 heavy (non-hydrogen) atoms. The summed E-state index contributed by atoms with van der Waals surface area (Å²) < 4.78 is 4.71. The highest BCUT2D eigenvalue weighted by Crippen LogP contribution is 2.07. The topological polar surface area (TPSA) is 43.4 Å². The summed E-state index contributed by atoms with van der Waals surface area (Å²) in [7, 11) is 0. The van der Waals surface area contributed by atoms with Crippen molar-refractivity contribution in [2.45, 2.75) is 19.8 Å². The van der Waals surface area contributed by atoms with Gasteiger partial charge in [0.15, 0.2) is 5.78 Å². The Morgan fingerprint density at radius 1 is 1.43 bits per heavy atom. The van der Waals surface area contributed by atoms with E-state index in [1.807, 2.05) is 0 Å². The van der Waals surface area contributed by atoms with E-state index in [9.17, 15) is 9.59 Å². The molecule has 0 heterocycles. The number of Topliss-reactive ketones (excluding diaryl/α,β-unsaturated/α-hetero) is 1. The van der Waals surface area contributed by atoms with Crippen molar-refractivity contribution in [2.24, 2.45) is 0 Å².